The molecule has 3 N–H and O–H groups in total. The van der Waals surface area contributed by atoms with Crippen molar-refractivity contribution in [3.63, 3.8) is 0 Å². The molecule has 0 atom stereocenters. The van der Waals surface area contributed by atoms with E-state index in [0.29, 0.717) is 24.2 Å². The Morgan fingerprint density at radius 1 is 1.22 bits per heavy atom. The number of anilines is 4. The smallest absolute Gasteiger partial charge is 0.224 e. The molecule has 0 amide bonds. The fraction of sp³-hybridized carbons (Fsp3) is 0.316. The topological polar surface area (TPSA) is 81.8 Å². The van der Waals surface area contributed by atoms with Crippen molar-refractivity contribution in [2.75, 3.05) is 29.6 Å². The fourth-order valence-electron chi connectivity index (χ4n) is 2.76. The van der Waals surface area contributed by atoms with Gasteiger partial charge in [-0.2, -0.15) is 10.1 Å². The van der Waals surface area contributed by atoms with Gasteiger partial charge in [0.2, 0.25) is 5.95 Å². The number of halogens is 1. The maximum Gasteiger partial charge on any atom is 0.224 e. The van der Waals surface area contributed by atoms with Crippen LogP contribution in [-0.4, -0.2) is 34.3 Å². The van der Waals surface area contributed by atoms with Gasteiger partial charge in [-0.25, -0.2) is 4.98 Å². The van der Waals surface area contributed by atoms with E-state index < -0.39 is 0 Å². The lowest BCUT2D eigenvalue weighted by Gasteiger charge is -2.13. The zero-order valence-electron chi connectivity index (χ0n) is 15.3. The van der Waals surface area contributed by atoms with Crippen LogP contribution in [0.15, 0.2) is 41.0 Å². The van der Waals surface area contributed by atoms with Crippen LogP contribution in [0.2, 0.25) is 0 Å². The van der Waals surface area contributed by atoms with Crippen molar-refractivity contribution in [1.82, 2.24) is 20.2 Å². The highest BCUT2D eigenvalue weighted by molar-refractivity contribution is 9.10. The van der Waals surface area contributed by atoms with Crippen LogP contribution in [0.5, 0.6) is 0 Å². The van der Waals surface area contributed by atoms with Crippen molar-refractivity contribution in [2.45, 2.75) is 25.3 Å². The summed E-state index contributed by atoms with van der Waals surface area (Å²) < 4.78 is 0.791. The van der Waals surface area contributed by atoms with Crippen LogP contribution in [0.3, 0.4) is 0 Å². The average Bonchev–Trinajstić information content (AvgIpc) is 3.42. The van der Waals surface area contributed by atoms with Crippen LogP contribution < -0.4 is 15.5 Å². The standard InChI is InChI=1S/C19H22BrN7/c1-27(2)14-7-3-12(4-8-14)10-21-19-22-11-15(20)18(24-19)23-17-9-16(25-26-17)13-5-6-13/h3-4,7-9,11,13H,5-6,10H2,1-2H3,(H3,21,22,23,24,25,26). The zero-order chi connectivity index (χ0) is 18.8. The molecular weight excluding hydrogens is 406 g/mol. The van der Waals surface area contributed by atoms with E-state index in [1.54, 1.807) is 6.20 Å². The molecule has 4 rings (SSSR count). The zero-order valence-corrected chi connectivity index (χ0v) is 16.9. The fourth-order valence-corrected chi connectivity index (χ4v) is 3.05. The van der Waals surface area contributed by atoms with Crippen molar-refractivity contribution in [1.29, 1.82) is 0 Å². The minimum absolute atomic E-state index is 0.565. The second-order valence-corrected chi connectivity index (χ2v) is 7.77. The quantitative estimate of drug-likeness (QED) is 0.522. The van der Waals surface area contributed by atoms with Crippen molar-refractivity contribution in [3.8, 4) is 0 Å². The highest BCUT2D eigenvalue weighted by Gasteiger charge is 2.25. The van der Waals surface area contributed by atoms with Gasteiger partial charge in [0.25, 0.3) is 0 Å². The Labute approximate surface area is 166 Å². The van der Waals surface area contributed by atoms with Crippen LogP contribution in [-0.2, 0) is 6.54 Å². The van der Waals surface area contributed by atoms with Crippen LogP contribution in [0.4, 0.5) is 23.3 Å². The summed E-state index contributed by atoms with van der Waals surface area (Å²) in [5.41, 5.74) is 3.53. The Bertz CT molecular complexity index is 916. The molecule has 1 aliphatic rings. The van der Waals surface area contributed by atoms with Gasteiger partial charge in [0, 0.05) is 50.2 Å². The molecule has 0 aliphatic heterocycles. The predicted molar refractivity (Wildman–Crippen MR) is 112 cm³/mol. The first-order valence-electron chi connectivity index (χ1n) is 8.93. The van der Waals surface area contributed by atoms with Gasteiger partial charge in [0.05, 0.1) is 4.47 Å². The van der Waals surface area contributed by atoms with Crippen LogP contribution >= 0.6 is 15.9 Å². The van der Waals surface area contributed by atoms with Gasteiger partial charge in [-0.05, 0) is 46.5 Å². The lowest BCUT2D eigenvalue weighted by molar-refractivity contribution is 0.966. The van der Waals surface area contributed by atoms with Crippen molar-refractivity contribution in [3.05, 3.63) is 52.3 Å². The summed E-state index contributed by atoms with van der Waals surface area (Å²) in [7, 11) is 4.06. The third-order valence-corrected chi connectivity index (χ3v) is 5.09. The lowest BCUT2D eigenvalue weighted by atomic mass is 10.2. The van der Waals surface area contributed by atoms with E-state index in [9.17, 15) is 0 Å². The third-order valence-electron chi connectivity index (χ3n) is 4.51. The Hall–Kier alpha value is -2.61. The molecule has 0 radical (unpaired) electrons. The molecule has 2 aromatic heterocycles. The second-order valence-electron chi connectivity index (χ2n) is 6.91. The molecule has 140 valence electrons. The molecule has 0 unspecified atom stereocenters. The molecule has 1 aliphatic carbocycles. The van der Waals surface area contributed by atoms with Gasteiger partial charge in [0.15, 0.2) is 11.6 Å². The number of aromatic amines is 1. The SMILES string of the molecule is CN(C)c1ccc(CNc2ncc(Br)c(Nc3cc(C4CC4)[nH]n3)n2)cc1. The van der Waals surface area contributed by atoms with E-state index in [0.717, 1.165) is 10.3 Å². The number of benzene rings is 1. The van der Waals surface area contributed by atoms with Gasteiger partial charge < -0.3 is 15.5 Å². The average molecular weight is 428 g/mol. The van der Waals surface area contributed by atoms with Crippen molar-refractivity contribution < 1.29 is 0 Å². The number of H-pyrrole nitrogens is 1. The summed E-state index contributed by atoms with van der Waals surface area (Å²) in [6.07, 6.45) is 4.21. The van der Waals surface area contributed by atoms with E-state index >= 15 is 0 Å². The number of rotatable bonds is 7. The van der Waals surface area contributed by atoms with Crippen molar-refractivity contribution in [2.24, 2.45) is 0 Å². The number of aromatic nitrogens is 4. The minimum Gasteiger partial charge on any atom is -0.378 e. The predicted octanol–water partition coefficient (Wildman–Crippen LogP) is 4.26. The Kier molecular flexibility index (Phi) is 4.98. The van der Waals surface area contributed by atoms with Crippen LogP contribution in [0, 0.1) is 0 Å². The molecule has 2 heterocycles. The van der Waals surface area contributed by atoms with Crippen molar-refractivity contribution >= 4 is 39.2 Å². The molecule has 3 aromatic rings. The summed E-state index contributed by atoms with van der Waals surface area (Å²) in [6, 6.07) is 10.4. The maximum atomic E-state index is 4.56. The lowest BCUT2D eigenvalue weighted by Crippen LogP contribution is -2.09. The Morgan fingerprint density at radius 2 is 2.00 bits per heavy atom. The first-order valence-corrected chi connectivity index (χ1v) is 9.73. The summed E-state index contributed by atoms with van der Waals surface area (Å²) in [5, 5.41) is 13.9. The summed E-state index contributed by atoms with van der Waals surface area (Å²) in [4.78, 5) is 11.0. The highest BCUT2D eigenvalue weighted by Crippen LogP contribution is 2.39. The van der Waals surface area contributed by atoms with Gasteiger partial charge in [-0.15, -0.1) is 0 Å². The number of hydrogen-bond acceptors (Lipinski definition) is 6. The number of nitrogens with one attached hydrogen (secondary N) is 3. The first-order chi connectivity index (χ1) is 13.1. The maximum absolute atomic E-state index is 4.56. The second kappa shape index (κ2) is 7.56. The summed E-state index contributed by atoms with van der Waals surface area (Å²) in [6.45, 7) is 0.656. The van der Waals surface area contributed by atoms with E-state index in [1.807, 2.05) is 20.2 Å². The highest BCUT2D eigenvalue weighted by atomic mass is 79.9. The third kappa shape index (κ3) is 4.39. The normalized spacial score (nSPS) is 13.4. The number of hydrogen-bond donors (Lipinski definition) is 3. The van der Waals surface area contributed by atoms with E-state index in [-0.39, 0.29) is 0 Å². The summed E-state index contributed by atoms with van der Waals surface area (Å²) in [5.74, 6) is 2.65. The minimum atomic E-state index is 0.565. The van der Waals surface area contributed by atoms with Gasteiger partial charge >= 0.3 is 0 Å². The molecule has 1 saturated carbocycles. The van der Waals surface area contributed by atoms with E-state index in [2.05, 4.69) is 75.9 Å². The molecule has 8 heteroatoms. The van der Waals surface area contributed by atoms with Crippen LogP contribution in [0.1, 0.15) is 30.0 Å². The molecule has 0 saturated heterocycles. The molecular formula is C19H22BrN7. The Morgan fingerprint density at radius 3 is 2.70 bits per heavy atom. The molecule has 1 aromatic carbocycles. The van der Waals surface area contributed by atoms with Gasteiger partial charge in [-0.1, -0.05) is 12.1 Å². The summed E-state index contributed by atoms with van der Waals surface area (Å²) >= 11 is 3.50. The molecule has 27 heavy (non-hydrogen) atoms. The molecule has 0 bridgehead atoms. The van der Waals surface area contributed by atoms with E-state index in [4.69, 9.17) is 0 Å². The Balaban J connectivity index is 1.41. The van der Waals surface area contributed by atoms with Gasteiger partial charge in [-0.3, -0.25) is 5.10 Å². The molecule has 7 nitrogen and oxygen atoms in total. The monoisotopic (exact) mass is 427 g/mol. The van der Waals surface area contributed by atoms with Crippen LogP contribution in [0.25, 0.3) is 0 Å². The number of nitrogens with zero attached hydrogens (tertiary/aromatic N) is 4. The van der Waals surface area contributed by atoms with E-state index in [1.165, 1.54) is 29.8 Å². The van der Waals surface area contributed by atoms with Gasteiger partial charge in [0.1, 0.15) is 0 Å². The first kappa shape index (κ1) is 17.8. The molecule has 1 fully saturated rings. The largest absolute Gasteiger partial charge is 0.378 e. The molecule has 0 spiro atoms.